The molecule has 0 saturated heterocycles. The zero-order valence-electron chi connectivity index (χ0n) is 15.5. The monoisotopic (exact) mass is 394 g/mol. The quantitative estimate of drug-likeness (QED) is 0.468. The maximum atomic E-state index is 12.0. The summed E-state index contributed by atoms with van der Waals surface area (Å²) in [7, 11) is 1.51. The van der Waals surface area contributed by atoms with E-state index in [0.29, 0.717) is 22.8 Å². The molecular formula is C18H18N8O3. The lowest BCUT2D eigenvalue weighted by Crippen LogP contribution is -2.19. The standard InChI is InChI=1S/C18H18N8O3/c1-29-15-10(17-20-8-21-26-17)3-2-4-11(15)22-12-7-13(23-18(28)9-5-6-9)24-25-14(12)16(19)27/h2-4,7-9H,5-6H2,1H3,(H2,19,27)(H,20,21,26)(H2,22,23,24,28). The molecule has 0 spiro atoms. The van der Waals surface area contributed by atoms with Crippen LogP contribution in [0, 0.1) is 5.92 Å². The second-order valence-electron chi connectivity index (χ2n) is 6.45. The predicted molar refractivity (Wildman–Crippen MR) is 104 cm³/mol. The number of carbonyl (C=O) groups is 2. The zero-order valence-corrected chi connectivity index (χ0v) is 15.5. The normalized spacial score (nSPS) is 13.0. The van der Waals surface area contributed by atoms with Crippen LogP contribution < -0.4 is 21.1 Å². The van der Waals surface area contributed by atoms with Crippen molar-refractivity contribution in [3.8, 4) is 17.1 Å². The van der Waals surface area contributed by atoms with Crippen molar-refractivity contribution in [2.75, 3.05) is 17.7 Å². The molecule has 148 valence electrons. The Labute approximate surface area is 165 Å². The number of amides is 2. The van der Waals surface area contributed by atoms with Crippen LogP contribution in [0.15, 0.2) is 30.6 Å². The number of nitrogens with zero attached hydrogens (tertiary/aromatic N) is 4. The number of nitrogens with two attached hydrogens (primary N) is 1. The Morgan fingerprint density at radius 3 is 2.72 bits per heavy atom. The number of methoxy groups -OCH3 is 1. The van der Waals surface area contributed by atoms with Crippen LogP contribution in [-0.2, 0) is 4.79 Å². The number of anilines is 3. The molecule has 0 unspecified atom stereocenters. The van der Waals surface area contributed by atoms with Gasteiger partial charge < -0.3 is 21.1 Å². The van der Waals surface area contributed by atoms with Crippen molar-refractivity contribution in [2.45, 2.75) is 12.8 Å². The number of hydrogen-bond acceptors (Lipinski definition) is 8. The van der Waals surface area contributed by atoms with E-state index in [-0.39, 0.29) is 29.0 Å². The van der Waals surface area contributed by atoms with E-state index in [1.54, 1.807) is 18.2 Å². The van der Waals surface area contributed by atoms with Gasteiger partial charge in [-0.1, -0.05) is 6.07 Å². The molecule has 2 amide bonds. The molecule has 1 fully saturated rings. The Bertz CT molecular complexity index is 1060. The van der Waals surface area contributed by atoms with E-state index in [1.807, 2.05) is 0 Å². The molecule has 2 heterocycles. The van der Waals surface area contributed by atoms with Gasteiger partial charge in [0.05, 0.1) is 24.0 Å². The molecule has 0 bridgehead atoms. The van der Waals surface area contributed by atoms with Gasteiger partial charge in [-0.15, -0.1) is 10.2 Å². The molecule has 11 heteroatoms. The largest absolute Gasteiger partial charge is 0.494 e. The van der Waals surface area contributed by atoms with Gasteiger partial charge in [-0.2, -0.15) is 5.10 Å². The van der Waals surface area contributed by atoms with Crippen molar-refractivity contribution in [1.82, 2.24) is 25.4 Å². The van der Waals surface area contributed by atoms with Crippen LogP contribution in [-0.4, -0.2) is 44.3 Å². The van der Waals surface area contributed by atoms with E-state index in [1.165, 1.54) is 19.5 Å². The number of H-pyrrole nitrogens is 1. The Balaban J connectivity index is 1.70. The highest BCUT2D eigenvalue weighted by Gasteiger charge is 2.30. The fourth-order valence-electron chi connectivity index (χ4n) is 2.82. The third-order valence-electron chi connectivity index (χ3n) is 4.37. The number of rotatable bonds is 7. The molecule has 1 aliphatic rings. The summed E-state index contributed by atoms with van der Waals surface area (Å²) < 4.78 is 5.53. The van der Waals surface area contributed by atoms with Gasteiger partial charge in [-0.25, -0.2) is 4.98 Å². The summed E-state index contributed by atoms with van der Waals surface area (Å²) in [6.45, 7) is 0. The summed E-state index contributed by atoms with van der Waals surface area (Å²) in [5, 5.41) is 20.3. The molecule has 2 aromatic heterocycles. The molecule has 1 aliphatic carbocycles. The third kappa shape index (κ3) is 3.83. The van der Waals surface area contributed by atoms with Gasteiger partial charge in [0.2, 0.25) is 5.91 Å². The van der Waals surface area contributed by atoms with Crippen LogP contribution in [0.25, 0.3) is 11.4 Å². The fraction of sp³-hybridized carbons (Fsp3) is 0.222. The molecule has 0 radical (unpaired) electrons. The minimum absolute atomic E-state index is 0.00199. The first-order valence-electron chi connectivity index (χ1n) is 8.85. The fourth-order valence-corrected chi connectivity index (χ4v) is 2.82. The topological polar surface area (TPSA) is 161 Å². The highest BCUT2D eigenvalue weighted by Crippen LogP contribution is 2.37. The first-order chi connectivity index (χ1) is 14.1. The van der Waals surface area contributed by atoms with Crippen LogP contribution in [0.1, 0.15) is 23.3 Å². The average Bonchev–Trinajstić information content (AvgIpc) is 3.42. The number of benzene rings is 1. The lowest BCUT2D eigenvalue weighted by Gasteiger charge is -2.15. The van der Waals surface area contributed by atoms with Gasteiger partial charge >= 0.3 is 0 Å². The molecule has 0 atom stereocenters. The Kier molecular flexibility index (Phi) is 4.77. The van der Waals surface area contributed by atoms with E-state index in [0.717, 1.165) is 12.8 Å². The zero-order chi connectivity index (χ0) is 20.4. The van der Waals surface area contributed by atoms with E-state index >= 15 is 0 Å². The molecule has 4 rings (SSSR count). The minimum Gasteiger partial charge on any atom is -0.494 e. The van der Waals surface area contributed by atoms with Crippen LogP contribution >= 0.6 is 0 Å². The van der Waals surface area contributed by atoms with E-state index < -0.39 is 5.91 Å². The maximum absolute atomic E-state index is 12.0. The predicted octanol–water partition coefficient (Wildman–Crippen LogP) is 1.46. The number of aromatic nitrogens is 5. The number of primary amides is 1. The number of para-hydroxylation sites is 1. The number of nitrogens with one attached hydrogen (secondary N) is 3. The van der Waals surface area contributed by atoms with Crippen LogP contribution in [0.5, 0.6) is 5.75 Å². The van der Waals surface area contributed by atoms with Crippen molar-refractivity contribution >= 4 is 29.0 Å². The Hall–Kier alpha value is -4.02. The Morgan fingerprint density at radius 1 is 1.24 bits per heavy atom. The molecule has 5 N–H and O–H groups in total. The molecule has 1 aromatic carbocycles. The van der Waals surface area contributed by atoms with Crippen molar-refractivity contribution in [2.24, 2.45) is 11.7 Å². The lowest BCUT2D eigenvalue weighted by molar-refractivity contribution is -0.117. The number of aromatic amines is 1. The highest BCUT2D eigenvalue weighted by atomic mass is 16.5. The van der Waals surface area contributed by atoms with Crippen molar-refractivity contribution in [3.63, 3.8) is 0 Å². The summed E-state index contributed by atoms with van der Waals surface area (Å²) in [4.78, 5) is 28.0. The van der Waals surface area contributed by atoms with Crippen LogP contribution in [0.4, 0.5) is 17.2 Å². The van der Waals surface area contributed by atoms with Gasteiger partial charge in [0, 0.05) is 12.0 Å². The number of ether oxygens (including phenoxy) is 1. The van der Waals surface area contributed by atoms with Crippen molar-refractivity contribution in [1.29, 1.82) is 0 Å². The minimum atomic E-state index is -0.760. The molecular weight excluding hydrogens is 376 g/mol. The van der Waals surface area contributed by atoms with Crippen LogP contribution in [0.3, 0.4) is 0 Å². The van der Waals surface area contributed by atoms with Gasteiger partial charge in [0.1, 0.15) is 6.33 Å². The summed E-state index contributed by atoms with van der Waals surface area (Å²) in [6.07, 6.45) is 3.17. The summed E-state index contributed by atoms with van der Waals surface area (Å²) >= 11 is 0. The molecule has 1 saturated carbocycles. The second-order valence-corrected chi connectivity index (χ2v) is 6.45. The van der Waals surface area contributed by atoms with Crippen LogP contribution in [0.2, 0.25) is 0 Å². The van der Waals surface area contributed by atoms with E-state index in [9.17, 15) is 9.59 Å². The van der Waals surface area contributed by atoms with Gasteiger partial charge in [-0.3, -0.25) is 14.7 Å². The first-order valence-corrected chi connectivity index (χ1v) is 8.85. The number of carbonyl (C=O) groups excluding carboxylic acids is 2. The second kappa shape index (κ2) is 7.54. The SMILES string of the molecule is COc1c(Nc2cc(NC(=O)C3CC3)nnc2C(N)=O)cccc1-c1nc[nH]n1. The first kappa shape index (κ1) is 18.3. The van der Waals surface area contributed by atoms with Gasteiger partial charge in [0.15, 0.2) is 23.1 Å². The molecule has 3 aromatic rings. The molecule has 29 heavy (non-hydrogen) atoms. The maximum Gasteiger partial charge on any atom is 0.271 e. The van der Waals surface area contributed by atoms with Gasteiger partial charge in [0.25, 0.3) is 5.91 Å². The summed E-state index contributed by atoms with van der Waals surface area (Å²) in [5.74, 6) is 0.250. The van der Waals surface area contributed by atoms with E-state index in [2.05, 4.69) is 36.0 Å². The number of hydrogen-bond donors (Lipinski definition) is 4. The smallest absolute Gasteiger partial charge is 0.271 e. The molecule has 0 aliphatic heterocycles. The summed E-state index contributed by atoms with van der Waals surface area (Å²) in [5.41, 5.74) is 6.82. The van der Waals surface area contributed by atoms with Crippen molar-refractivity contribution < 1.29 is 14.3 Å². The van der Waals surface area contributed by atoms with E-state index in [4.69, 9.17) is 10.5 Å². The summed E-state index contributed by atoms with van der Waals surface area (Å²) in [6, 6.07) is 6.84. The average molecular weight is 394 g/mol. The van der Waals surface area contributed by atoms with Crippen molar-refractivity contribution in [3.05, 3.63) is 36.3 Å². The van der Waals surface area contributed by atoms with Gasteiger partial charge in [-0.05, 0) is 25.0 Å². The molecule has 11 nitrogen and oxygen atoms in total. The Morgan fingerprint density at radius 2 is 2.07 bits per heavy atom. The third-order valence-corrected chi connectivity index (χ3v) is 4.37. The lowest BCUT2D eigenvalue weighted by atomic mass is 10.1. The highest BCUT2D eigenvalue weighted by molar-refractivity contribution is 5.99.